The van der Waals surface area contributed by atoms with Gasteiger partial charge in [-0.2, -0.15) is 0 Å². The van der Waals surface area contributed by atoms with E-state index in [1.807, 2.05) is 0 Å². The Labute approximate surface area is 393 Å². The van der Waals surface area contributed by atoms with Crippen molar-refractivity contribution in [2.45, 2.75) is 103 Å². The Kier molecular flexibility index (Phi) is 10.4. The van der Waals surface area contributed by atoms with E-state index in [9.17, 15) is 0 Å². The first kappa shape index (κ1) is 42.0. The van der Waals surface area contributed by atoms with Crippen LogP contribution in [0.25, 0.3) is 22.3 Å². The summed E-state index contributed by atoms with van der Waals surface area (Å²) in [7, 11) is 0. The second-order valence-corrected chi connectivity index (χ2v) is 20.2. The number of anilines is 6. The van der Waals surface area contributed by atoms with E-state index in [4.69, 9.17) is 0 Å². The van der Waals surface area contributed by atoms with Gasteiger partial charge in [-0.15, -0.1) is 0 Å². The third kappa shape index (κ3) is 6.83. The van der Waals surface area contributed by atoms with Crippen molar-refractivity contribution in [3.05, 3.63) is 226 Å². The molecule has 0 radical (unpaired) electrons. The standard InChI is InChI=1S/C64H62N2/c1-7-44-20-28-48(29-21-44)65(52-36-38-56-54-16-10-12-18-58(54)62(3,4)60(56)42-52)50-32-24-46(25-33-50)64(40-14-9-15-41-64)47-26-34-51(35-27-47)66(49-30-22-45(8-2)23-31-49)53-37-39-57-55-17-11-13-19-59(55)63(5,6)61(57)43-53/h10-13,16-39,42-43H,7-9,14-15,40-41H2,1-6H3. The highest BCUT2D eigenvalue weighted by Crippen LogP contribution is 2.53. The summed E-state index contributed by atoms with van der Waals surface area (Å²) in [6, 6.07) is 69.8. The molecule has 0 saturated heterocycles. The second-order valence-electron chi connectivity index (χ2n) is 20.2. The van der Waals surface area contributed by atoms with Gasteiger partial charge in [-0.1, -0.05) is 170 Å². The van der Waals surface area contributed by atoms with Crippen LogP contribution in [0.5, 0.6) is 0 Å². The Morgan fingerprint density at radius 1 is 0.348 bits per heavy atom. The van der Waals surface area contributed by atoms with E-state index < -0.39 is 0 Å². The van der Waals surface area contributed by atoms with Crippen LogP contribution in [0.15, 0.2) is 182 Å². The number of rotatable bonds is 10. The Bertz CT molecular complexity index is 2850. The highest BCUT2D eigenvalue weighted by Gasteiger charge is 2.39. The van der Waals surface area contributed by atoms with E-state index in [-0.39, 0.29) is 16.2 Å². The van der Waals surface area contributed by atoms with Crippen LogP contribution in [0.2, 0.25) is 0 Å². The molecule has 0 unspecified atom stereocenters. The molecular formula is C64H62N2. The summed E-state index contributed by atoms with van der Waals surface area (Å²) < 4.78 is 0. The highest BCUT2D eigenvalue weighted by atomic mass is 15.1. The molecule has 3 aliphatic rings. The molecule has 0 heterocycles. The lowest BCUT2D eigenvalue weighted by Gasteiger charge is -2.39. The van der Waals surface area contributed by atoms with Crippen LogP contribution in [-0.2, 0) is 29.1 Å². The van der Waals surface area contributed by atoms with Crippen LogP contribution < -0.4 is 9.80 Å². The average molecular weight is 859 g/mol. The van der Waals surface area contributed by atoms with Gasteiger partial charge in [0.1, 0.15) is 0 Å². The van der Waals surface area contributed by atoms with Gasteiger partial charge in [-0.25, -0.2) is 0 Å². The zero-order chi connectivity index (χ0) is 45.2. The van der Waals surface area contributed by atoms with Crippen molar-refractivity contribution in [3.63, 3.8) is 0 Å². The number of fused-ring (bicyclic) bond motifs is 6. The highest BCUT2D eigenvalue weighted by molar-refractivity contribution is 5.87. The fourth-order valence-corrected chi connectivity index (χ4v) is 12.1. The molecule has 1 saturated carbocycles. The maximum absolute atomic E-state index is 2.46. The molecule has 11 rings (SSSR count). The topological polar surface area (TPSA) is 6.48 Å². The molecule has 0 aromatic heterocycles. The zero-order valence-corrected chi connectivity index (χ0v) is 39.7. The molecule has 3 aliphatic carbocycles. The Balaban J connectivity index is 0.963. The van der Waals surface area contributed by atoms with Gasteiger partial charge in [0, 0.05) is 50.4 Å². The summed E-state index contributed by atoms with van der Waals surface area (Å²) in [4.78, 5) is 4.93. The Hall–Kier alpha value is -6.64. The molecule has 8 aromatic carbocycles. The van der Waals surface area contributed by atoms with E-state index in [1.54, 1.807) is 0 Å². The summed E-state index contributed by atoms with van der Waals surface area (Å²) >= 11 is 0. The van der Waals surface area contributed by atoms with E-state index in [2.05, 4.69) is 233 Å². The summed E-state index contributed by atoms with van der Waals surface area (Å²) in [6.45, 7) is 14.0. The maximum Gasteiger partial charge on any atom is 0.0465 e. The third-order valence-electron chi connectivity index (χ3n) is 15.9. The molecule has 2 nitrogen and oxygen atoms in total. The third-order valence-corrected chi connectivity index (χ3v) is 15.9. The van der Waals surface area contributed by atoms with E-state index in [1.165, 1.54) is 120 Å². The smallest absolute Gasteiger partial charge is 0.0465 e. The minimum absolute atomic E-state index is 0.0523. The van der Waals surface area contributed by atoms with Crippen molar-refractivity contribution >= 4 is 34.1 Å². The van der Waals surface area contributed by atoms with Gasteiger partial charge in [0.05, 0.1) is 0 Å². The largest absolute Gasteiger partial charge is 0.310 e. The fraction of sp³-hybridized carbons (Fsp3) is 0.250. The van der Waals surface area contributed by atoms with Crippen molar-refractivity contribution in [1.29, 1.82) is 0 Å². The van der Waals surface area contributed by atoms with Crippen LogP contribution in [-0.4, -0.2) is 0 Å². The first-order chi connectivity index (χ1) is 32.1. The number of hydrogen-bond donors (Lipinski definition) is 0. The summed E-state index contributed by atoms with van der Waals surface area (Å²) in [5.74, 6) is 0. The van der Waals surface area contributed by atoms with Crippen LogP contribution in [0.3, 0.4) is 0 Å². The van der Waals surface area contributed by atoms with Crippen molar-refractivity contribution < 1.29 is 0 Å². The molecule has 0 amide bonds. The van der Waals surface area contributed by atoms with Crippen molar-refractivity contribution in [1.82, 2.24) is 0 Å². The first-order valence-corrected chi connectivity index (χ1v) is 24.6. The molecule has 0 aliphatic heterocycles. The number of hydrogen-bond acceptors (Lipinski definition) is 2. The lowest BCUT2D eigenvalue weighted by molar-refractivity contribution is 0.346. The van der Waals surface area contributed by atoms with E-state index in [0.29, 0.717) is 0 Å². The lowest BCUT2D eigenvalue weighted by Crippen LogP contribution is -2.30. The van der Waals surface area contributed by atoms with Crippen LogP contribution in [0.1, 0.15) is 118 Å². The first-order valence-electron chi connectivity index (χ1n) is 24.6. The molecule has 0 bridgehead atoms. The summed E-state index contributed by atoms with van der Waals surface area (Å²) in [5.41, 5.74) is 23.4. The predicted octanol–water partition coefficient (Wildman–Crippen LogP) is 17.6. The minimum atomic E-state index is -0.0756. The van der Waals surface area contributed by atoms with Crippen LogP contribution >= 0.6 is 0 Å². The van der Waals surface area contributed by atoms with Crippen LogP contribution in [0.4, 0.5) is 34.1 Å². The number of benzene rings is 8. The van der Waals surface area contributed by atoms with Crippen molar-refractivity contribution in [3.8, 4) is 22.3 Å². The van der Waals surface area contributed by atoms with E-state index >= 15 is 0 Å². The van der Waals surface area contributed by atoms with Gasteiger partial charge in [0.25, 0.3) is 0 Å². The number of nitrogens with zero attached hydrogens (tertiary/aromatic N) is 2. The summed E-state index contributed by atoms with van der Waals surface area (Å²) in [6.07, 6.45) is 8.10. The van der Waals surface area contributed by atoms with Gasteiger partial charge in [-0.3, -0.25) is 0 Å². The Morgan fingerprint density at radius 3 is 1.06 bits per heavy atom. The molecule has 0 atom stereocenters. The molecule has 66 heavy (non-hydrogen) atoms. The van der Waals surface area contributed by atoms with Gasteiger partial charge in [0.15, 0.2) is 0 Å². The van der Waals surface area contributed by atoms with Gasteiger partial charge >= 0.3 is 0 Å². The monoisotopic (exact) mass is 858 g/mol. The van der Waals surface area contributed by atoms with E-state index in [0.717, 1.165) is 25.7 Å². The molecule has 0 N–H and O–H groups in total. The van der Waals surface area contributed by atoms with Gasteiger partial charge < -0.3 is 9.80 Å². The minimum Gasteiger partial charge on any atom is -0.310 e. The second kappa shape index (κ2) is 16.4. The molecule has 8 aromatic rings. The predicted molar refractivity (Wildman–Crippen MR) is 280 cm³/mol. The lowest BCUT2D eigenvalue weighted by atomic mass is 9.65. The molecule has 328 valence electrons. The average Bonchev–Trinajstić information content (AvgIpc) is 3.74. The van der Waals surface area contributed by atoms with Crippen molar-refractivity contribution in [2.75, 3.05) is 9.80 Å². The quantitative estimate of drug-likeness (QED) is 0.135. The number of aryl methyl sites for hydroxylation is 2. The zero-order valence-electron chi connectivity index (χ0n) is 39.7. The molecular weight excluding hydrogens is 797 g/mol. The van der Waals surface area contributed by atoms with Gasteiger partial charge in [0.2, 0.25) is 0 Å². The summed E-state index contributed by atoms with van der Waals surface area (Å²) in [5, 5.41) is 0. The van der Waals surface area contributed by atoms with Gasteiger partial charge in [-0.05, 0) is 165 Å². The maximum atomic E-state index is 2.46. The van der Waals surface area contributed by atoms with Crippen LogP contribution in [0, 0.1) is 0 Å². The van der Waals surface area contributed by atoms with Crippen molar-refractivity contribution in [2.24, 2.45) is 0 Å². The molecule has 0 spiro atoms. The molecule has 2 heteroatoms. The SMILES string of the molecule is CCc1ccc(N(c2ccc(C3(c4ccc(N(c5ccc(CC)cc5)c5ccc6c(c5)C(C)(C)c5ccccc5-6)cc4)CCCCC3)cc2)c2ccc3c(c2)C(C)(C)c2ccccc2-3)cc1. The normalized spacial score (nSPS) is 15.9. The molecule has 1 fully saturated rings. The Morgan fingerprint density at radius 2 is 0.682 bits per heavy atom. The fourth-order valence-electron chi connectivity index (χ4n) is 12.1.